The summed E-state index contributed by atoms with van der Waals surface area (Å²) in [4.78, 5) is 23.9. The van der Waals surface area contributed by atoms with E-state index in [-0.39, 0.29) is 49.3 Å². The number of hydrogen-bond acceptors (Lipinski definition) is 8. The van der Waals surface area contributed by atoms with Crippen molar-refractivity contribution in [1.29, 1.82) is 0 Å². The average molecular weight is 583 g/mol. The van der Waals surface area contributed by atoms with E-state index in [2.05, 4.69) is 20.4 Å². The van der Waals surface area contributed by atoms with Crippen LogP contribution in [-0.2, 0) is 24.5 Å². The Morgan fingerprint density at radius 3 is 1.64 bits per heavy atom. The van der Waals surface area contributed by atoms with E-state index in [4.69, 9.17) is 18.9 Å². The molecule has 2 N–H and O–H groups in total. The van der Waals surface area contributed by atoms with Crippen LogP contribution in [0.1, 0.15) is 76.8 Å². The number of hydrogen-bond donors (Lipinski definition) is 2. The standard InChI is InChI=1S/C34H46O8/c1-24(2)32(37)41-22-28(35)20-39-30-16-12-26(13-17-30)34(3,4)27-14-18-31(19-15-27)40-21-29(36)23-42-33(38)25-10-8-6-5-7-9-11-25/h12-19,25,28-29,35-36H,1,5-11,20-23H2,2-4H3. The maximum absolute atomic E-state index is 12.4. The Labute approximate surface area is 249 Å². The van der Waals surface area contributed by atoms with Crippen molar-refractivity contribution in [2.24, 2.45) is 5.92 Å². The lowest BCUT2D eigenvalue weighted by atomic mass is 9.78. The largest absolute Gasteiger partial charge is 0.491 e. The zero-order chi connectivity index (χ0) is 30.5. The molecule has 1 saturated carbocycles. The maximum atomic E-state index is 12.4. The Balaban J connectivity index is 1.44. The van der Waals surface area contributed by atoms with Gasteiger partial charge in [-0.25, -0.2) is 4.79 Å². The fraction of sp³-hybridized carbons (Fsp3) is 0.529. The number of aliphatic hydroxyl groups is 2. The third kappa shape index (κ3) is 10.5. The summed E-state index contributed by atoms with van der Waals surface area (Å²) in [6.45, 7) is 9.08. The first-order valence-corrected chi connectivity index (χ1v) is 14.9. The van der Waals surface area contributed by atoms with Crippen molar-refractivity contribution in [2.75, 3.05) is 26.4 Å². The van der Waals surface area contributed by atoms with Gasteiger partial charge in [-0.2, -0.15) is 0 Å². The van der Waals surface area contributed by atoms with Gasteiger partial charge in [-0.15, -0.1) is 0 Å². The minimum absolute atomic E-state index is 0.00861. The molecular weight excluding hydrogens is 536 g/mol. The molecule has 2 atom stereocenters. The summed E-state index contributed by atoms with van der Waals surface area (Å²) in [5, 5.41) is 20.3. The van der Waals surface area contributed by atoms with Gasteiger partial charge in [0.1, 0.15) is 50.1 Å². The molecule has 0 radical (unpaired) electrons. The van der Waals surface area contributed by atoms with Crippen LogP contribution < -0.4 is 9.47 Å². The average Bonchev–Trinajstić information content (AvgIpc) is 2.96. The van der Waals surface area contributed by atoms with Crippen LogP contribution in [0.4, 0.5) is 0 Å². The molecule has 42 heavy (non-hydrogen) atoms. The van der Waals surface area contributed by atoms with Gasteiger partial charge in [0.05, 0.1) is 5.92 Å². The minimum atomic E-state index is -0.947. The summed E-state index contributed by atoms with van der Waals surface area (Å²) in [5.74, 6) is 0.404. The van der Waals surface area contributed by atoms with Crippen LogP contribution in [0, 0.1) is 5.92 Å². The zero-order valence-electron chi connectivity index (χ0n) is 25.2. The second-order valence-electron chi connectivity index (χ2n) is 11.7. The summed E-state index contributed by atoms with van der Waals surface area (Å²) in [7, 11) is 0. The molecular formula is C34H46O8. The highest BCUT2D eigenvalue weighted by atomic mass is 16.6. The van der Waals surface area contributed by atoms with E-state index < -0.39 is 18.2 Å². The first-order valence-electron chi connectivity index (χ1n) is 14.9. The van der Waals surface area contributed by atoms with E-state index in [1.165, 1.54) is 19.3 Å². The molecule has 0 aromatic heterocycles. The predicted octanol–water partition coefficient (Wildman–Crippen LogP) is 5.51. The molecule has 2 aromatic carbocycles. The summed E-state index contributed by atoms with van der Waals surface area (Å²) in [5.41, 5.74) is 2.11. The second-order valence-corrected chi connectivity index (χ2v) is 11.7. The van der Waals surface area contributed by atoms with Crippen LogP contribution in [0.3, 0.4) is 0 Å². The SMILES string of the molecule is C=C(C)C(=O)OCC(O)COc1ccc(C(C)(C)c2ccc(OCC(O)COC(=O)C3CCCCCCC3)cc2)cc1. The zero-order valence-corrected chi connectivity index (χ0v) is 25.2. The summed E-state index contributed by atoms with van der Waals surface area (Å²) < 4.78 is 21.7. The van der Waals surface area contributed by atoms with Crippen LogP contribution in [0.2, 0.25) is 0 Å². The summed E-state index contributed by atoms with van der Waals surface area (Å²) >= 11 is 0. The van der Waals surface area contributed by atoms with E-state index in [1.807, 2.05) is 48.5 Å². The van der Waals surface area contributed by atoms with E-state index in [9.17, 15) is 19.8 Å². The highest BCUT2D eigenvalue weighted by molar-refractivity contribution is 5.86. The third-order valence-electron chi connectivity index (χ3n) is 7.65. The van der Waals surface area contributed by atoms with E-state index in [0.717, 1.165) is 36.8 Å². The molecule has 0 bridgehead atoms. The molecule has 0 saturated heterocycles. The number of ether oxygens (including phenoxy) is 4. The number of aliphatic hydroxyl groups excluding tert-OH is 2. The van der Waals surface area contributed by atoms with Crippen LogP contribution in [0.15, 0.2) is 60.7 Å². The van der Waals surface area contributed by atoms with Crippen molar-refractivity contribution in [3.63, 3.8) is 0 Å². The van der Waals surface area contributed by atoms with Gasteiger partial charge in [-0.1, -0.05) is 76.8 Å². The van der Waals surface area contributed by atoms with Gasteiger partial charge < -0.3 is 29.2 Å². The number of carbonyl (C=O) groups excluding carboxylic acids is 2. The molecule has 1 aliphatic carbocycles. The summed E-state index contributed by atoms with van der Waals surface area (Å²) in [6.07, 6.45) is 5.58. The van der Waals surface area contributed by atoms with E-state index in [0.29, 0.717) is 11.5 Å². The fourth-order valence-electron chi connectivity index (χ4n) is 4.87. The number of rotatable bonds is 14. The maximum Gasteiger partial charge on any atom is 0.333 e. The Morgan fingerprint density at radius 2 is 1.19 bits per heavy atom. The topological polar surface area (TPSA) is 112 Å². The van der Waals surface area contributed by atoms with Gasteiger partial charge in [-0.3, -0.25) is 4.79 Å². The van der Waals surface area contributed by atoms with Gasteiger partial charge in [0.15, 0.2) is 0 Å². The van der Waals surface area contributed by atoms with E-state index >= 15 is 0 Å². The number of carbonyl (C=O) groups is 2. The molecule has 0 spiro atoms. The van der Waals surface area contributed by atoms with Crippen molar-refractivity contribution < 1.29 is 38.7 Å². The van der Waals surface area contributed by atoms with Gasteiger partial charge in [0, 0.05) is 11.0 Å². The second kappa shape index (κ2) is 16.3. The predicted molar refractivity (Wildman–Crippen MR) is 161 cm³/mol. The van der Waals surface area contributed by atoms with Crippen LogP contribution in [0.25, 0.3) is 0 Å². The molecule has 1 fully saturated rings. The van der Waals surface area contributed by atoms with Crippen molar-refractivity contribution in [3.05, 3.63) is 71.8 Å². The van der Waals surface area contributed by atoms with Crippen molar-refractivity contribution in [1.82, 2.24) is 0 Å². The van der Waals surface area contributed by atoms with Gasteiger partial charge in [0.25, 0.3) is 0 Å². The van der Waals surface area contributed by atoms with Crippen molar-refractivity contribution in [2.45, 2.75) is 83.3 Å². The fourth-order valence-corrected chi connectivity index (χ4v) is 4.87. The third-order valence-corrected chi connectivity index (χ3v) is 7.65. The van der Waals surface area contributed by atoms with Crippen molar-refractivity contribution in [3.8, 4) is 11.5 Å². The Hall–Kier alpha value is -3.36. The van der Waals surface area contributed by atoms with Crippen LogP contribution in [-0.4, -0.2) is 60.8 Å². The molecule has 2 aromatic rings. The lowest BCUT2D eigenvalue weighted by molar-refractivity contribution is -0.152. The molecule has 0 amide bonds. The Kier molecular flexibility index (Phi) is 12.9. The number of benzene rings is 2. The Morgan fingerprint density at radius 1 is 0.762 bits per heavy atom. The van der Waals surface area contributed by atoms with Crippen LogP contribution >= 0.6 is 0 Å². The quantitative estimate of drug-likeness (QED) is 0.221. The smallest absolute Gasteiger partial charge is 0.333 e. The lowest BCUT2D eigenvalue weighted by Crippen LogP contribution is -2.28. The Bertz CT molecular complexity index is 1130. The monoisotopic (exact) mass is 582 g/mol. The van der Waals surface area contributed by atoms with Gasteiger partial charge >= 0.3 is 11.9 Å². The van der Waals surface area contributed by atoms with E-state index in [1.54, 1.807) is 6.92 Å². The lowest BCUT2D eigenvalue weighted by Gasteiger charge is -2.26. The van der Waals surface area contributed by atoms with Crippen molar-refractivity contribution >= 4 is 11.9 Å². The molecule has 1 aliphatic rings. The number of esters is 2. The molecule has 2 unspecified atom stereocenters. The van der Waals surface area contributed by atoms with Crippen LogP contribution in [0.5, 0.6) is 11.5 Å². The first kappa shape index (κ1) is 33.1. The normalized spacial score (nSPS) is 15.9. The minimum Gasteiger partial charge on any atom is -0.491 e. The molecule has 0 aliphatic heterocycles. The van der Waals surface area contributed by atoms with Gasteiger partial charge in [-0.05, 0) is 55.2 Å². The highest BCUT2D eigenvalue weighted by Gasteiger charge is 2.24. The molecule has 0 heterocycles. The molecule has 8 heteroatoms. The summed E-state index contributed by atoms with van der Waals surface area (Å²) in [6, 6.07) is 15.3. The highest BCUT2D eigenvalue weighted by Crippen LogP contribution is 2.33. The molecule has 230 valence electrons. The molecule has 8 nitrogen and oxygen atoms in total. The first-order chi connectivity index (χ1) is 20.1. The molecule has 3 rings (SSSR count). The van der Waals surface area contributed by atoms with Gasteiger partial charge in [0.2, 0.25) is 0 Å².